The Labute approximate surface area is 124 Å². The van der Waals surface area contributed by atoms with E-state index in [1.165, 1.54) is 12.1 Å². The smallest absolute Gasteiger partial charge is 0.407 e. The van der Waals surface area contributed by atoms with Crippen molar-refractivity contribution >= 4 is 12.0 Å². The van der Waals surface area contributed by atoms with Gasteiger partial charge in [0.2, 0.25) is 0 Å². The van der Waals surface area contributed by atoms with E-state index in [4.69, 9.17) is 4.74 Å². The number of nitrogens with one attached hydrogen (secondary N) is 2. The summed E-state index contributed by atoms with van der Waals surface area (Å²) in [6, 6.07) is 6.12. The molecule has 6 heteroatoms. The molecule has 6 nitrogen and oxygen atoms in total. The molecule has 21 heavy (non-hydrogen) atoms. The molecule has 0 radical (unpaired) electrons. The van der Waals surface area contributed by atoms with Crippen molar-refractivity contribution in [2.45, 2.75) is 32.8 Å². The van der Waals surface area contributed by atoms with Crippen molar-refractivity contribution < 1.29 is 19.4 Å². The SMILES string of the molecule is CC(C)(C)OC(=O)NCCCNC(=O)c1cccc(O)c1. The van der Waals surface area contributed by atoms with Crippen LogP contribution in [-0.2, 0) is 4.74 Å². The van der Waals surface area contributed by atoms with Gasteiger partial charge in [-0.1, -0.05) is 6.07 Å². The Morgan fingerprint density at radius 2 is 1.86 bits per heavy atom. The zero-order valence-electron chi connectivity index (χ0n) is 12.6. The molecule has 0 bridgehead atoms. The van der Waals surface area contributed by atoms with Gasteiger partial charge in [0.05, 0.1) is 0 Å². The third kappa shape index (κ3) is 7.20. The van der Waals surface area contributed by atoms with E-state index in [0.29, 0.717) is 25.1 Å². The van der Waals surface area contributed by atoms with E-state index in [-0.39, 0.29) is 11.7 Å². The molecule has 0 fully saturated rings. The molecule has 1 rings (SSSR count). The Bertz CT molecular complexity index is 495. The lowest BCUT2D eigenvalue weighted by atomic mass is 10.2. The minimum absolute atomic E-state index is 0.0502. The highest BCUT2D eigenvalue weighted by Crippen LogP contribution is 2.10. The highest BCUT2D eigenvalue weighted by atomic mass is 16.6. The number of hydrogen-bond donors (Lipinski definition) is 3. The number of carbonyl (C=O) groups excluding carboxylic acids is 2. The molecule has 0 aromatic heterocycles. The molecule has 0 atom stereocenters. The lowest BCUT2D eigenvalue weighted by molar-refractivity contribution is 0.0527. The first kappa shape index (κ1) is 16.8. The van der Waals surface area contributed by atoms with Crippen molar-refractivity contribution in [3.63, 3.8) is 0 Å². The van der Waals surface area contributed by atoms with Crippen LogP contribution in [0.1, 0.15) is 37.6 Å². The summed E-state index contributed by atoms with van der Waals surface area (Å²) in [5.41, 5.74) is -0.122. The number of aromatic hydroxyl groups is 1. The average molecular weight is 294 g/mol. The molecule has 2 amide bonds. The summed E-state index contributed by atoms with van der Waals surface area (Å²) in [5.74, 6) is -0.211. The number of benzene rings is 1. The van der Waals surface area contributed by atoms with E-state index in [1.54, 1.807) is 32.9 Å². The highest BCUT2D eigenvalue weighted by molar-refractivity contribution is 5.94. The zero-order chi connectivity index (χ0) is 15.9. The van der Waals surface area contributed by atoms with Gasteiger partial charge < -0.3 is 20.5 Å². The maximum absolute atomic E-state index is 11.7. The number of phenols is 1. The van der Waals surface area contributed by atoms with E-state index in [9.17, 15) is 14.7 Å². The Balaban J connectivity index is 2.20. The Hall–Kier alpha value is -2.24. The molecule has 0 aliphatic rings. The first-order chi connectivity index (χ1) is 9.78. The number of rotatable bonds is 5. The quantitative estimate of drug-likeness (QED) is 0.725. The molecule has 1 aromatic carbocycles. The second kappa shape index (κ2) is 7.52. The van der Waals surface area contributed by atoms with Gasteiger partial charge in [-0.05, 0) is 45.4 Å². The van der Waals surface area contributed by atoms with Crippen LogP contribution in [0.4, 0.5) is 4.79 Å². The van der Waals surface area contributed by atoms with Crippen LogP contribution >= 0.6 is 0 Å². The van der Waals surface area contributed by atoms with E-state index < -0.39 is 11.7 Å². The summed E-state index contributed by atoms with van der Waals surface area (Å²) < 4.78 is 5.08. The first-order valence-electron chi connectivity index (χ1n) is 6.82. The first-order valence-corrected chi connectivity index (χ1v) is 6.82. The predicted molar refractivity (Wildman–Crippen MR) is 79.3 cm³/mol. The fourth-order valence-corrected chi connectivity index (χ4v) is 1.54. The van der Waals surface area contributed by atoms with Crippen LogP contribution in [0.15, 0.2) is 24.3 Å². The van der Waals surface area contributed by atoms with Gasteiger partial charge in [-0.25, -0.2) is 4.79 Å². The summed E-state index contributed by atoms with van der Waals surface area (Å²) >= 11 is 0. The third-order valence-corrected chi connectivity index (χ3v) is 2.42. The molecule has 0 heterocycles. The van der Waals surface area contributed by atoms with Crippen molar-refractivity contribution in [1.29, 1.82) is 0 Å². The van der Waals surface area contributed by atoms with Gasteiger partial charge in [0.15, 0.2) is 0 Å². The van der Waals surface area contributed by atoms with Crippen LogP contribution in [0.3, 0.4) is 0 Å². The number of alkyl carbamates (subject to hydrolysis) is 1. The maximum Gasteiger partial charge on any atom is 0.407 e. The van der Waals surface area contributed by atoms with Gasteiger partial charge >= 0.3 is 6.09 Å². The van der Waals surface area contributed by atoms with Crippen LogP contribution < -0.4 is 10.6 Å². The highest BCUT2D eigenvalue weighted by Gasteiger charge is 2.15. The molecule has 0 unspecified atom stereocenters. The fraction of sp³-hybridized carbons (Fsp3) is 0.467. The molecule has 1 aromatic rings. The molecular weight excluding hydrogens is 272 g/mol. The number of carbonyl (C=O) groups is 2. The van der Waals surface area contributed by atoms with Crippen molar-refractivity contribution in [2.75, 3.05) is 13.1 Å². The average Bonchev–Trinajstić information content (AvgIpc) is 2.36. The molecule has 0 saturated heterocycles. The Morgan fingerprint density at radius 3 is 2.48 bits per heavy atom. The minimum Gasteiger partial charge on any atom is -0.508 e. The van der Waals surface area contributed by atoms with Gasteiger partial charge in [-0.3, -0.25) is 4.79 Å². The molecule has 116 valence electrons. The summed E-state index contributed by atoms with van der Waals surface area (Å²) in [4.78, 5) is 23.1. The van der Waals surface area contributed by atoms with E-state index in [2.05, 4.69) is 10.6 Å². The minimum atomic E-state index is -0.520. The second-order valence-electron chi connectivity index (χ2n) is 5.59. The summed E-state index contributed by atoms with van der Waals surface area (Å²) in [6.07, 6.45) is 0.117. The zero-order valence-corrected chi connectivity index (χ0v) is 12.6. The molecular formula is C15H22N2O4. The molecule has 0 aliphatic heterocycles. The number of ether oxygens (including phenoxy) is 1. The van der Waals surface area contributed by atoms with E-state index in [0.717, 1.165) is 0 Å². The van der Waals surface area contributed by atoms with E-state index >= 15 is 0 Å². The van der Waals surface area contributed by atoms with Crippen molar-refractivity contribution in [2.24, 2.45) is 0 Å². The fourth-order valence-electron chi connectivity index (χ4n) is 1.54. The van der Waals surface area contributed by atoms with Crippen LogP contribution in [0.2, 0.25) is 0 Å². The van der Waals surface area contributed by atoms with Gasteiger partial charge in [0, 0.05) is 18.7 Å². The Morgan fingerprint density at radius 1 is 1.19 bits per heavy atom. The summed E-state index contributed by atoms with van der Waals surface area (Å²) in [7, 11) is 0. The van der Waals surface area contributed by atoms with E-state index in [1.807, 2.05) is 0 Å². The van der Waals surface area contributed by atoms with Crippen LogP contribution in [-0.4, -0.2) is 35.8 Å². The summed E-state index contributed by atoms with van der Waals surface area (Å²) in [6.45, 7) is 6.21. The molecule has 0 saturated carbocycles. The monoisotopic (exact) mass is 294 g/mol. The number of amides is 2. The number of phenolic OH excluding ortho intramolecular Hbond substituents is 1. The van der Waals surface area contributed by atoms with Crippen molar-refractivity contribution in [3.8, 4) is 5.75 Å². The van der Waals surface area contributed by atoms with Crippen LogP contribution in [0.5, 0.6) is 5.75 Å². The van der Waals surface area contributed by atoms with Crippen molar-refractivity contribution in [3.05, 3.63) is 29.8 Å². The number of hydrogen-bond acceptors (Lipinski definition) is 4. The normalized spacial score (nSPS) is 10.8. The topological polar surface area (TPSA) is 87.7 Å². The largest absolute Gasteiger partial charge is 0.508 e. The lowest BCUT2D eigenvalue weighted by Crippen LogP contribution is -2.34. The maximum atomic E-state index is 11.7. The predicted octanol–water partition coefficient (Wildman–Crippen LogP) is 2.04. The standard InChI is InChI=1S/C15H22N2O4/c1-15(2,3)21-14(20)17-9-5-8-16-13(19)11-6-4-7-12(18)10-11/h4,6-7,10,18H,5,8-9H2,1-3H3,(H,16,19)(H,17,20). The molecule has 0 aliphatic carbocycles. The van der Waals surface area contributed by atoms with Gasteiger partial charge in [-0.15, -0.1) is 0 Å². The van der Waals surface area contributed by atoms with Gasteiger partial charge in [-0.2, -0.15) is 0 Å². The van der Waals surface area contributed by atoms with Gasteiger partial charge in [0.1, 0.15) is 11.4 Å². The lowest BCUT2D eigenvalue weighted by Gasteiger charge is -2.19. The van der Waals surface area contributed by atoms with Crippen molar-refractivity contribution in [1.82, 2.24) is 10.6 Å². The van der Waals surface area contributed by atoms with Crippen LogP contribution in [0.25, 0.3) is 0 Å². The molecule has 3 N–H and O–H groups in total. The van der Waals surface area contributed by atoms with Gasteiger partial charge in [0.25, 0.3) is 5.91 Å². The summed E-state index contributed by atoms with van der Waals surface area (Å²) in [5, 5.41) is 14.6. The molecule has 0 spiro atoms. The second-order valence-corrected chi connectivity index (χ2v) is 5.59. The third-order valence-electron chi connectivity index (χ3n) is 2.42. The Kier molecular flexibility index (Phi) is 6.02. The van der Waals surface area contributed by atoms with Crippen LogP contribution in [0, 0.1) is 0 Å².